The van der Waals surface area contributed by atoms with E-state index in [0.29, 0.717) is 11.3 Å². The molecule has 0 fully saturated rings. The molecule has 0 bridgehead atoms. The van der Waals surface area contributed by atoms with Crippen LogP contribution in [0.1, 0.15) is 18.1 Å². The molecule has 3 nitrogen and oxygen atoms in total. The number of amides is 1. The van der Waals surface area contributed by atoms with E-state index >= 15 is 0 Å². The van der Waals surface area contributed by atoms with Gasteiger partial charge in [-0.3, -0.25) is 4.79 Å². The molecule has 4 heteroatoms. The molecule has 1 amide bonds. The highest BCUT2D eigenvalue weighted by molar-refractivity contribution is 5.96. The number of hydrogen-bond donors (Lipinski definition) is 2. The van der Waals surface area contributed by atoms with E-state index in [9.17, 15) is 9.18 Å². The van der Waals surface area contributed by atoms with Crippen LogP contribution >= 0.6 is 0 Å². The number of carbonyl (C=O) groups is 1. The minimum absolute atomic E-state index is 0.165. The quantitative estimate of drug-likeness (QED) is 0.895. The van der Waals surface area contributed by atoms with Gasteiger partial charge in [0, 0.05) is 11.4 Å². The Balaban J connectivity index is 2.00. The molecule has 0 radical (unpaired) electrons. The van der Waals surface area contributed by atoms with Gasteiger partial charge in [0.15, 0.2) is 0 Å². The second kappa shape index (κ2) is 6.39. The highest BCUT2D eigenvalue weighted by Crippen LogP contribution is 2.15. The van der Waals surface area contributed by atoms with Crippen molar-refractivity contribution in [3.8, 4) is 0 Å². The van der Waals surface area contributed by atoms with Crippen molar-refractivity contribution in [2.24, 2.45) is 0 Å². The Morgan fingerprint density at radius 1 is 1.10 bits per heavy atom. The number of anilines is 2. The third-order valence-electron chi connectivity index (χ3n) is 3.23. The van der Waals surface area contributed by atoms with Crippen LogP contribution in [-0.4, -0.2) is 11.9 Å². The van der Waals surface area contributed by atoms with E-state index in [1.807, 2.05) is 31.2 Å². The Bertz CT molecular complexity index is 655. The summed E-state index contributed by atoms with van der Waals surface area (Å²) in [5, 5.41) is 5.83. The molecule has 1 atom stereocenters. The third kappa shape index (κ3) is 4.05. The van der Waals surface area contributed by atoms with Gasteiger partial charge < -0.3 is 10.6 Å². The molecule has 2 aromatic carbocycles. The SMILES string of the molecule is Cc1cccc(NC(=O)C(C)Nc2ccc(C)c(F)c2)c1. The monoisotopic (exact) mass is 286 g/mol. The fourth-order valence-corrected chi connectivity index (χ4v) is 1.97. The maximum absolute atomic E-state index is 13.5. The molecule has 0 aromatic heterocycles. The molecular weight excluding hydrogens is 267 g/mol. The van der Waals surface area contributed by atoms with Crippen molar-refractivity contribution in [2.45, 2.75) is 26.8 Å². The molecule has 2 aromatic rings. The smallest absolute Gasteiger partial charge is 0.246 e. The van der Waals surface area contributed by atoms with E-state index in [1.54, 1.807) is 26.0 Å². The summed E-state index contributed by atoms with van der Waals surface area (Å²) >= 11 is 0. The molecule has 0 spiro atoms. The summed E-state index contributed by atoms with van der Waals surface area (Å²) in [5.41, 5.74) is 3.00. The van der Waals surface area contributed by atoms with Crippen molar-refractivity contribution in [1.29, 1.82) is 0 Å². The summed E-state index contributed by atoms with van der Waals surface area (Å²) in [6, 6.07) is 12.0. The lowest BCUT2D eigenvalue weighted by atomic mass is 10.2. The number of rotatable bonds is 4. The predicted octanol–water partition coefficient (Wildman–Crippen LogP) is 3.88. The van der Waals surface area contributed by atoms with Crippen LogP contribution in [0.15, 0.2) is 42.5 Å². The minimum Gasteiger partial charge on any atom is -0.374 e. The lowest BCUT2D eigenvalue weighted by Gasteiger charge is -2.16. The fraction of sp³-hybridized carbons (Fsp3) is 0.235. The predicted molar refractivity (Wildman–Crippen MR) is 84.0 cm³/mol. The number of benzene rings is 2. The zero-order valence-corrected chi connectivity index (χ0v) is 12.4. The van der Waals surface area contributed by atoms with E-state index in [4.69, 9.17) is 0 Å². The minimum atomic E-state index is -0.465. The molecular formula is C17H19FN2O. The van der Waals surface area contributed by atoms with Gasteiger partial charge in [-0.15, -0.1) is 0 Å². The van der Waals surface area contributed by atoms with Gasteiger partial charge in [0.2, 0.25) is 5.91 Å². The standard InChI is InChI=1S/C17H19FN2O/c1-11-5-4-6-14(9-11)20-17(21)13(3)19-15-8-7-12(2)16(18)10-15/h4-10,13,19H,1-3H3,(H,20,21). The van der Waals surface area contributed by atoms with Gasteiger partial charge in [-0.25, -0.2) is 4.39 Å². The van der Waals surface area contributed by atoms with Crippen LogP contribution in [0.2, 0.25) is 0 Å². The number of halogens is 1. The average molecular weight is 286 g/mol. The first-order valence-corrected chi connectivity index (χ1v) is 6.86. The largest absolute Gasteiger partial charge is 0.374 e. The van der Waals surface area contributed by atoms with Crippen molar-refractivity contribution in [1.82, 2.24) is 0 Å². The highest BCUT2D eigenvalue weighted by Gasteiger charge is 2.13. The van der Waals surface area contributed by atoms with Crippen molar-refractivity contribution in [3.63, 3.8) is 0 Å². The van der Waals surface area contributed by atoms with Gasteiger partial charge in [0.1, 0.15) is 11.9 Å². The van der Waals surface area contributed by atoms with Gasteiger partial charge in [-0.05, 0) is 56.2 Å². The normalized spacial score (nSPS) is 11.8. The van der Waals surface area contributed by atoms with Gasteiger partial charge in [0.05, 0.1) is 0 Å². The molecule has 0 aliphatic rings. The molecule has 1 unspecified atom stereocenters. The van der Waals surface area contributed by atoms with Crippen LogP contribution in [-0.2, 0) is 4.79 Å². The summed E-state index contributed by atoms with van der Waals surface area (Å²) in [6.45, 7) is 5.41. The molecule has 2 N–H and O–H groups in total. The van der Waals surface area contributed by atoms with Gasteiger partial charge in [-0.2, -0.15) is 0 Å². The second-order valence-electron chi connectivity index (χ2n) is 5.19. The van der Waals surface area contributed by atoms with Gasteiger partial charge in [0.25, 0.3) is 0 Å². The van der Waals surface area contributed by atoms with Crippen LogP contribution < -0.4 is 10.6 Å². The average Bonchev–Trinajstić information content (AvgIpc) is 2.43. The van der Waals surface area contributed by atoms with Crippen molar-refractivity contribution < 1.29 is 9.18 Å². The van der Waals surface area contributed by atoms with Crippen molar-refractivity contribution >= 4 is 17.3 Å². The maximum Gasteiger partial charge on any atom is 0.246 e. The molecule has 110 valence electrons. The lowest BCUT2D eigenvalue weighted by Crippen LogP contribution is -2.31. The molecule has 0 aliphatic carbocycles. The summed E-state index contributed by atoms with van der Waals surface area (Å²) in [5.74, 6) is -0.451. The summed E-state index contributed by atoms with van der Waals surface area (Å²) in [6.07, 6.45) is 0. The number of carbonyl (C=O) groups excluding carboxylic acids is 1. The number of nitrogens with one attached hydrogen (secondary N) is 2. The number of aryl methyl sites for hydroxylation is 2. The van der Waals surface area contributed by atoms with Crippen LogP contribution in [0.4, 0.5) is 15.8 Å². The summed E-state index contributed by atoms with van der Waals surface area (Å²) in [7, 11) is 0. The van der Waals surface area contributed by atoms with Crippen LogP contribution in [0.3, 0.4) is 0 Å². The van der Waals surface area contributed by atoms with E-state index in [1.165, 1.54) is 6.07 Å². The van der Waals surface area contributed by atoms with E-state index in [2.05, 4.69) is 10.6 Å². The molecule has 21 heavy (non-hydrogen) atoms. The first-order chi connectivity index (χ1) is 9.95. The second-order valence-corrected chi connectivity index (χ2v) is 5.19. The van der Waals surface area contributed by atoms with Crippen LogP contribution in [0.5, 0.6) is 0 Å². The topological polar surface area (TPSA) is 41.1 Å². The molecule has 0 heterocycles. The first kappa shape index (κ1) is 15.0. The Morgan fingerprint density at radius 3 is 2.52 bits per heavy atom. The Labute approximate surface area is 124 Å². The van der Waals surface area contributed by atoms with E-state index in [0.717, 1.165) is 11.3 Å². The molecule has 0 saturated carbocycles. The first-order valence-electron chi connectivity index (χ1n) is 6.86. The maximum atomic E-state index is 13.5. The number of hydrogen-bond acceptors (Lipinski definition) is 2. The van der Waals surface area contributed by atoms with Crippen LogP contribution in [0.25, 0.3) is 0 Å². The zero-order chi connectivity index (χ0) is 15.4. The van der Waals surface area contributed by atoms with Crippen molar-refractivity contribution in [3.05, 3.63) is 59.4 Å². The zero-order valence-electron chi connectivity index (χ0n) is 12.4. The molecule has 0 aliphatic heterocycles. The third-order valence-corrected chi connectivity index (χ3v) is 3.23. The lowest BCUT2D eigenvalue weighted by molar-refractivity contribution is -0.116. The fourth-order valence-electron chi connectivity index (χ4n) is 1.97. The van der Waals surface area contributed by atoms with Crippen molar-refractivity contribution in [2.75, 3.05) is 10.6 Å². The Kier molecular flexibility index (Phi) is 4.58. The molecule has 0 saturated heterocycles. The Morgan fingerprint density at radius 2 is 1.86 bits per heavy atom. The summed E-state index contributed by atoms with van der Waals surface area (Å²) < 4.78 is 13.5. The van der Waals surface area contributed by atoms with Crippen LogP contribution in [0, 0.1) is 19.7 Å². The van der Waals surface area contributed by atoms with Gasteiger partial charge >= 0.3 is 0 Å². The van der Waals surface area contributed by atoms with E-state index < -0.39 is 6.04 Å². The summed E-state index contributed by atoms with van der Waals surface area (Å²) in [4.78, 5) is 12.1. The Hall–Kier alpha value is -2.36. The van der Waals surface area contributed by atoms with E-state index in [-0.39, 0.29) is 11.7 Å². The highest BCUT2D eigenvalue weighted by atomic mass is 19.1. The van der Waals surface area contributed by atoms with Gasteiger partial charge in [-0.1, -0.05) is 18.2 Å². The molecule has 2 rings (SSSR count).